The van der Waals surface area contributed by atoms with Crippen molar-refractivity contribution in [3.8, 4) is 0 Å². The minimum absolute atomic E-state index is 0.641. The molecule has 0 fully saturated rings. The van der Waals surface area contributed by atoms with E-state index in [1.807, 2.05) is 31.2 Å². The normalized spacial score (nSPS) is 21.0. The standard InChI is InChI=1S/C10H12N2OS/c1-2-7-10(13)12-14-9-6-4-3-5-8(9)11-7/h3-6,10,12-13H,2H2,1H3. The van der Waals surface area contributed by atoms with Crippen LogP contribution in [0.25, 0.3) is 0 Å². The molecule has 1 heterocycles. The molecule has 1 aliphatic heterocycles. The third-order valence-corrected chi connectivity index (χ3v) is 2.99. The molecule has 14 heavy (non-hydrogen) atoms. The van der Waals surface area contributed by atoms with Gasteiger partial charge in [-0.3, -0.25) is 4.99 Å². The predicted octanol–water partition coefficient (Wildman–Crippen LogP) is 2.10. The van der Waals surface area contributed by atoms with Crippen LogP contribution in [0.3, 0.4) is 0 Å². The molecule has 0 bridgehead atoms. The van der Waals surface area contributed by atoms with Crippen molar-refractivity contribution in [3.05, 3.63) is 24.3 Å². The van der Waals surface area contributed by atoms with Crippen LogP contribution in [0.1, 0.15) is 13.3 Å². The number of benzene rings is 1. The monoisotopic (exact) mass is 208 g/mol. The lowest BCUT2D eigenvalue weighted by atomic mass is 10.2. The second kappa shape index (κ2) is 4.13. The van der Waals surface area contributed by atoms with Gasteiger partial charge in [0, 0.05) is 4.90 Å². The molecule has 0 radical (unpaired) electrons. The Balaban J connectivity index is 2.42. The highest BCUT2D eigenvalue weighted by atomic mass is 32.2. The largest absolute Gasteiger partial charge is 0.372 e. The lowest BCUT2D eigenvalue weighted by Gasteiger charge is -2.09. The molecule has 2 N–H and O–H groups in total. The number of para-hydroxylation sites is 1. The van der Waals surface area contributed by atoms with Crippen molar-refractivity contribution in [3.63, 3.8) is 0 Å². The van der Waals surface area contributed by atoms with Gasteiger partial charge in [0.05, 0.1) is 11.4 Å². The van der Waals surface area contributed by atoms with Gasteiger partial charge in [-0.25, -0.2) is 4.72 Å². The SMILES string of the molecule is CCC1=Nc2ccccc2SNC1O. The van der Waals surface area contributed by atoms with Gasteiger partial charge in [0.25, 0.3) is 0 Å². The van der Waals surface area contributed by atoms with Gasteiger partial charge in [0.1, 0.15) is 0 Å². The minimum atomic E-state index is -0.641. The van der Waals surface area contributed by atoms with Gasteiger partial charge in [-0.1, -0.05) is 19.1 Å². The Morgan fingerprint density at radius 3 is 3.07 bits per heavy atom. The Morgan fingerprint density at radius 2 is 2.29 bits per heavy atom. The molecule has 1 aliphatic rings. The number of nitrogens with one attached hydrogen (secondary N) is 1. The molecule has 3 nitrogen and oxygen atoms in total. The summed E-state index contributed by atoms with van der Waals surface area (Å²) in [5.74, 6) is 0. The van der Waals surface area contributed by atoms with Crippen LogP contribution in [0, 0.1) is 0 Å². The van der Waals surface area contributed by atoms with E-state index in [1.54, 1.807) is 0 Å². The lowest BCUT2D eigenvalue weighted by molar-refractivity contribution is 0.233. The van der Waals surface area contributed by atoms with Crippen molar-refractivity contribution in [2.45, 2.75) is 24.5 Å². The van der Waals surface area contributed by atoms with E-state index in [-0.39, 0.29) is 0 Å². The summed E-state index contributed by atoms with van der Waals surface area (Å²) in [6.07, 6.45) is 0.112. The molecule has 0 saturated carbocycles. The van der Waals surface area contributed by atoms with Crippen LogP contribution in [0.2, 0.25) is 0 Å². The number of hydrogen-bond donors (Lipinski definition) is 2. The number of rotatable bonds is 1. The molecule has 0 amide bonds. The summed E-state index contributed by atoms with van der Waals surface area (Å²) < 4.78 is 2.94. The zero-order chi connectivity index (χ0) is 9.97. The number of aliphatic imine (C=N–C) groups is 1. The number of fused-ring (bicyclic) bond motifs is 1. The summed E-state index contributed by atoms with van der Waals surface area (Å²) >= 11 is 1.42. The van der Waals surface area contributed by atoms with E-state index < -0.39 is 6.23 Å². The van der Waals surface area contributed by atoms with Gasteiger partial charge in [-0.15, -0.1) is 0 Å². The summed E-state index contributed by atoms with van der Waals surface area (Å²) in [6, 6.07) is 7.86. The average Bonchev–Trinajstić information content (AvgIpc) is 2.38. The molecule has 2 rings (SSSR count). The molecule has 4 heteroatoms. The van der Waals surface area contributed by atoms with Gasteiger partial charge in [0.15, 0.2) is 6.23 Å². The van der Waals surface area contributed by atoms with Gasteiger partial charge in [-0.05, 0) is 30.5 Å². The number of hydrogen-bond acceptors (Lipinski definition) is 4. The lowest BCUT2D eigenvalue weighted by Crippen LogP contribution is -2.30. The number of aliphatic hydroxyl groups is 1. The Kier molecular flexibility index (Phi) is 2.86. The Bertz CT molecular complexity index is 365. The topological polar surface area (TPSA) is 44.6 Å². The minimum Gasteiger partial charge on any atom is -0.372 e. The highest BCUT2D eigenvalue weighted by Gasteiger charge is 2.16. The van der Waals surface area contributed by atoms with Gasteiger partial charge in [0.2, 0.25) is 0 Å². The van der Waals surface area contributed by atoms with E-state index in [9.17, 15) is 5.11 Å². The maximum absolute atomic E-state index is 9.66. The summed E-state index contributed by atoms with van der Waals surface area (Å²) in [6.45, 7) is 1.99. The summed E-state index contributed by atoms with van der Waals surface area (Å²) in [5, 5.41) is 9.66. The van der Waals surface area contributed by atoms with E-state index in [1.165, 1.54) is 11.9 Å². The van der Waals surface area contributed by atoms with Crippen molar-refractivity contribution in [1.82, 2.24) is 4.72 Å². The Morgan fingerprint density at radius 1 is 1.50 bits per heavy atom. The van der Waals surface area contributed by atoms with Crippen LogP contribution >= 0.6 is 11.9 Å². The highest BCUT2D eigenvalue weighted by Crippen LogP contribution is 2.30. The molecule has 1 aromatic carbocycles. The first kappa shape index (κ1) is 9.71. The fourth-order valence-electron chi connectivity index (χ4n) is 1.31. The smallest absolute Gasteiger partial charge is 0.153 e. The van der Waals surface area contributed by atoms with Crippen LogP contribution in [0.5, 0.6) is 0 Å². The Hall–Kier alpha value is -0.840. The molecule has 1 aromatic rings. The third-order valence-electron chi connectivity index (χ3n) is 2.09. The first-order valence-corrected chi connectivity index (χ1v) is 5.40. The van der Waals surface area contributed by atoms with Gasteiger partial charge < -0.3 is 5.11 Å². The fourth-order valence-corrected chi connectivity index (χ4v) is 2.05. The van der Waals surface area contributed by atoms with E-state index in [0.717, 1.165) is 22.7 Å². The third kappa shape index (κ3) is 1.82. The van der Waals surface area contributed by atoms with Gasteiger partial charge >= 0.3 is 0 Å². The number of nitrogens with zero attached hydrogens (tertiary/aromatic N) is 1. The zero-order valence-electron chi connectivity index (χ0n) is 7.90. The quantitative estimate of drug-likeness (QED) is 0.695. The van der Waals surface area contributed by atoms with Crippen molar-refractivity contribution < 1.29 is 5.11 Å². The van der Waals surface area contributed by atoms with Gasteiger partial charge in [-0.2, -0.15) is 0 Å². The highest BCUT2D eigenvalue weighted by molar-refractivity contribution is 7.97. The Labute approximate surface area is 87.4 Å². The van der Waals surface area contributed by atoms with Crippen LogP contribution < -0.4 is 4.72 Å². The van der Waals surface area contributed by atoms with E-state index in [2.05, 4.69) is 9.71 Å². The fraction of sp³-hybridized carbons (Fsp3) is 0.300. The maximum Gasteiger partial charge on any atom is 0.153 e. The predicted molar refractivity (Wildman–Crippen MR) is 58.8 cm³/mol. The molecular weight excluding hydrogens is 196 g/mol. The maximum atomic E-state index is 9.66. The van der Waals surface area contributed by atoms with Crippen LogP contribution in [0.4, 0.5) is 5.69 Å². The average molecular weight is 208 g/mol. The first-order valence-electron chi connectivity index (χ1n) is 4.58. The molecule has 0 aliphatic carbocycles. The van der Waals surface area contributed by atoms with E-state index >= 15 is 0 Å². The van der Waals surface area contributed by atoms with Crippen LogP contribution in [-0.2, 0) is 0 Å². The van der Waals surface area contributed by atoms with Crippen molar-refractivity contribution in [1.29, 1.82) is 0 Å². The van der Waals surface area contributed by atoms with E-state index in [0.29, 0.717) is 0 Å². The molecule has 1 atom stereocenters. The second-order valence-electron chi connectivity index (χ2n) is 3.05. The summed E-state index contributed by atoms with van der Waals surface area (Å²) in [7, 11) is 0. The summed E-state index contributed by atoms with van der Waals surface area (Å²) in [5.41, 5.74) is 1.71. The molecule has 0 saturated heterocycles. The molecule has 74 valence electrons. The van der Waals surface area contributed by atoms with Crippen molar-refractivity contribution in [2.24, 2.45) is 4.99 Å². The van der Waals surface area contributed by atoms with E-state index in [4.69, 9.17) is 0 Å². The number of aliphatic hydroxyl groups excluding tert-OH is 1. The van der Waals surface area contributed by atoms with Crippen LogP contribution in [0.15, 0.2) is 34.2 Å². The summed E-state index contributed by atoms with van der Waals surface area (Å²) in [4.78, 5) is 5.47. The second-order valence-corrected chi connectivity index (χ2v) is 3.93. The molecular formula is C10H12N2OS. The van der Waals surface area contributed by atoms with Crippen molar-refractivity contribution in [2.75, 3.05) is 0 Å². The zero-order valence-corrected chi connectivity index (χ0v) is 8.71. The first-order chi connectivity index (χ1) is 6.81. The van der Waals surface area contributed by atoms with Crippen LogP contribution in [-0.4, -0.2) is 17.0 Å². The molecule has 0 spiro atoms. The van der Waals surface area contributed by atoms with Crippen molar-refractivity contribution >= 4 is 23.3 Å². The molecule has 0 aromatic heterocycles. The molecule has 1 unspecified atom stereocenters.